The van der Waals surface area contributed by atoms with Crippen LogP contribution in [0.1, 0.15) is 72.6 Å². The Hall–Kier alpha value is -0.530. The first-order valence-electron chi connectivity index (χ1n) is 8.29. The minimum Gasteiger partial charge on any atom is -0.342 e. The second kappa shape index (κ2) is 8.60. The van der Waals surface area contributed by atoms with Gasteiger partial charge >= 0.3 is 0 Å². The molecule has 0 spiro atoms. The van der Waals surface area contributed by atoms with Crippen LogP contribution in [0.15, 0.2) is 0 Å². The van der Waals surface area contributed by atoms with Crippen LogP contribution in [-0.2, 0) is 4.79 Å². The highest BCUT2D eigenvalue weighted by Crippen LogP contribution is 2.26. The van der Waals surface area contributed by atoms with E-state index in [1.54, 1.807) is 0 Å². The van der Waals surface area contributed by atoms with Crippen molar-refractivity contribution in [3.63, 3.8) is 0 Å². The highest BCUT2D eigenvalue weighted by molar-refractivity contribution is 5.78. The summed E-state index contributed by atoms with van der Waals surface area (Å²) in [7, 11) is 0. The molecule has 1 rings (SSSR count). The van der Waals surface area contributed by atoms with Gasteiger partial charge in [-0.15, -0.1) is 0 Å². The molecule has 1 fully saturated rings. The quantitative estimate of drug-likeness (QED) is 0.665. The summed E-state index contributed by atoms with van der Waals surface area (Å²) in [6.07, 6.45) is 8.34. The summed E-state index contributed by atoms with van der Waals surface area (Å²) in [5.41, 5.74) is 0. The Balaban J connectivity index is 2.51. The standard InChI is InChI=1S/C17H33NO/c1-14(2)10-12-18(13-11-15(3)4)17(19)16-8-6-5-7-9-16/h14-16H,5-13H2,1-4H3. The molecule has 1 aliphatic rings. The summed E-state index contributed by atoms with van der Waals surface area (Å²) in [5, 5.41) is 0. The number of nitrogens with zero attached hydrogens (tertiary/aromatic N) is 1. The Morgan fingerprint density at radius 2 is 1.42 bits per heavy atom. The van der Waals surface area contributed by atoms with Gasteiger partial charge < -0.3 is 4.90 Å². The SMILES string of the molecule is CC(C)CCN(CCC(C)C)C(=O)C1CCCCC1. The van der Waals surface area contributed by atoms with Crippen molar-refractivity contribution in [2.24, 2.45) is 17.8 Å². The first kappa shape index (κ1) is 16.5. The Kier molecular flexibility index (Phi) is 7.48. The van der Waals surface area contributed by atoms with Gasteiger partial charge in [0.1, 0.15) is 0 Å². The van der Waals surface area contributed by atoms with Gasteiger partial charge in [-0.05, 0) is 37.5 Å². The maximum Gasteiger partial charge on any atom is 0.225 e. The predicted octanol–water partition coefficient (Wildman–Crippen LogP) is 4.49. The van der Waals surface area contributed by atoms with E-state index < -0.39 is 0 Å². The van der Waals surface area contributed by atoms with Gasteiger partial charge in [-0.2, -0.15) is 0 Å². The molecule has 0 aromatic carbocycles. The average Bonchev–Trinajstić information content (AvgIpc) is 2.38. The normalized spacial score (nSPS) is 17.2. The zero-order valence-electron chi connectivity index (χ0n) is 13.5. The van der Waals surface area contributed by atoms with Crippen LogP contribution in [0.25, 0.3) is 0 Å². The van der Waals surface area contributed by atoms with Gasteiger partial charge in [0, 0.05) is 19.0 Å². The number of rotatable bonds is 7. The molecule has 2 heteroatoms. The van der Waals surface area contributed by atoms with Crippen LogP contribution in [0, 0.1) is 17.8 Å². The molecule has 0 aliphatic heterocycles. The topological polar surface area (TPSA) is 20.3 Å². The van der Waals surface area contributed by atoms with E-state index in [-0.39, 0.29) is 0 Å². The second-order valence-corrected chi connectivity index (χ2v) is 7.03. The van der Waals surface area contributed by atoms with Gasteiger partial charge in [-0.25, -0.2) is 0 Å². The fraction of sp³-hybridized carbons (Fsp3) is 0.941. The van der Waals surface area contributed by atoms with Crippen LogP contribution in [0.5, 0.6) is 0 Å². The maximum absolute atomic E-state index is 12.6. The molecule has 0 N–H and O–H groups in total. The molecular formula is C17H33NO. The van der Waals surface area contributed by atoms with Crippen LogP contribution in [0.3, 0.4) is 0 Å². The molecule has 112 valence electrons. The molecule has 0 aromatic rings. The lowest BCUT2D eigenvalue weighted by molar-refractivity contribution is -0.136. The van der Waals surface area contributed by atoms with E-state index in [0.29, 0.717) is 23.7 Å². The number of carbonyl (C=O) groups excluding carboxylic acids is 1. The summed E-state index contributed by atoms with van der Waals surface area (Å²) in [5.74, 6) is 2.13. The molecule has 0 radical (unpaired) electrons. The van der Waals surface area contributed by atoms with Crippen molar-refractivity contribution in [1.82, 2.24) is 4.90 Å². The van der Waals surface area contributed by atoms with Crippen LogP contribution in [0.4, 0.5) is 0 Å². The first-order chi connectivity index (χ1) is 9.00. The van der Waals surface area contributed by atoms with Crippen LogP contribution >= 0.6 is 0 Å². The third-order valence-corrected chi connectivity index (χ3v) is 4.22. The van der Waals surface area contributed by atoms with Crippen LogP contribution in [-0.4, -0.2) is 23.9 Å². The van der Waals surface area contributed by atoms with E-state index in [1.165, 1.54) is 19.3 Å². The van der Waals surface area contributed by atoms with Gasteiger partial charge in [-0.3, -0.25) is 4.79 Å². The summed E-state index contributed by atoms with van der Waals surface area (Å²) in [6, 6.07) is 0. The molecule has 0 unspecified atom stereocenters. The molecule has 1 amide bonds. The molecule has 0 bridgehead atoms. The Morgan fingerprint density at radius 1 is 0.947 bits per heavy atom. The summed E-state index contributed by atoms with van der Waals surface area (Å²) >= 11 is 0. The summed E-state index contributed by atoms with van der Waals surface area (Å²) < 4.78 is 0. The molecule has 0 saturated heterocycles. The molecule has 0 heterocycles. The lowest BCUT2D eigenvalue weighted by Crippen LogP contribution is -2.39. The molecule has 1 aliphatic carbocycles. The van der Waals surface area contributed by atoms with Crippen molar-refractivity contribution < 1.29 is 4.79 Å². The molecule has 0 atom stereocenters. The van der Waals surface area contributed by atoms with Crippen molar-refractivity contribution in [3.8, 4) is 0 Å². The van der Waals surface area contributed by atoms with Gasteiger partial charge in [0.2, 0.25) is 5.91 Å². The van der Waals surface area contributed by atoms with E-state index in [0.717, 1.165) is 38.8 Å². The van der Waals surface area contributed by atoms with E-state index >= 15 is 0 Å². The van der Waals surface area contributed by atoms with Gasteiger partial charge in [0.25, 0.3) is 0 Å². The van der Waals surface area contributed by atoms with Crippen molar-refractivity contribution in [2.45, 2.75) is 72.6 Å². The fourth-order valence-corrected chi connectivity index (χ4v) is 2.77. The van der Waals surface area contributed by atoms with Gasteiger partial charge in [0.15, 0.2) is 0 Å². The molecular weight excluding hydrogens is 234 g/mol. The monoisotopic (exact) mass is 267 g/mol. The van der Waals surface area contributed by atoms with E-state index in [1.807, 2.05) is 0 Å². The minimum absolute atomic E-state index is 0.327. The fourth-order valence-electron chi connectivity index (χ4n) is 2.77. The smallest absolute Gasteiger partial charge is 0.225 e. The van der Waals surface area contributed by atoms with E-state index in [2.05, 4.69) is 32.6 Å². The number of amides is 1. The van der Waals surface area contributed by atoms with Crippen molar-refractivity contribution in [2.75, 3.05) is 13.1 Å². The lowest BCUT2D eigenvalue weighted by atomic mass is 9.88. The molecule has 2 nitrogen and oxygen atoms in total. The maximum atomic E-state index is 12.6. The third-order valence-electron chi connectivity index (χ3n) is 4.22. The zero-order chi connectivity index (χ0) is 14.3. The van der Waals surface area contributed by atoms with Crippen molar-refractivity contribution in [1.29, 1.82) is 0 Å². The van der Waals surface area contributed by atoms with Crippen LogP contribution in [0.2, 0.25) is 0 Å². The minimum atomic E-state index is 0.327. The molecule has 1 saturated carbocycles. The Labute approximate surface area is 119 Å². The largest absolute Gasteiger partial charge is 0.342 e. The van der Waals surface area contributed by atoms with E-state index in [9.17, 15) is 4.79 Å². The number of hydrogen-bond acceptors (Lipinski definition) is 1. The third kappa shape index (κ3) is 6.44. The van der Waals surface area contributed by atoms with Crippen molar-refractivity contribution >= 4 is 5.91 Å². The van der Waals surface area contributed by atoms with Crippen molar-refractivity contribution in [3.05, 3.63) is 0 Å². The summed E-state index contributed by atoms with van der Waals surface area (Å²) in [4.78, 5) is 14.8. The Morgan fingerprint density at radius 3 is 1.84 bits per heavy atom. The number of carbonyl (C=O) groups is 1. The Bertz CT molecular complexity index is 242. The molecule has 0 aromatic heterocycles. The highest BCUT2D eigenvalue weighted by Gasteiger charge is 2.25. The van der Waals surface area contributed by atoms with Crippen LogP contribution < -0.4 is 0 Å². The van der Waals surface area contributed by atoms with E-state index in [4.69, 9.17) is 0 Å². The molecule has 19 heavy (non-hydrogen) atoms. The first-order valence-corrected chi connectivity index (χ1v) is 8.29. The predicted molar refractivity (Wildman–Crippen MR) is 82.1 cm³/mol. The number of hydrogen-bond donors (Lipinski definition) is 0. The lowest BCUT2D eigenvalue weighted by Gasteiger charge is -2.30. The highest BCUT2D eigenvalue weighted by atomic mass is 16.2. The van der Waals surface area contributed by atoms with Gasteiger partial charge in [0.05, 0.1) is 0 Å². The van der Waals surface area contributed by atoms with Gasteiger partial charge in [-0.1, -0.05) is 47.0 Å². The summed E-state index contributed by atoms with van der Waals surface area (Å²) in [6.45, 7) is 10.9. The zero-order valence-corrected chi connectivity index (χ0v) is 13.5. The second-order valence-electron chi connectivity index (χ2n) is 7.03. The average molecular weight is 267 g/mol.